The minimum atomic E-state index is -4.47. The average Bonchev–Trinajstić information content (AvgIpc) is 2.46. The molecular weight excluding hydrogens is 285 g/mol. The highest BCUT2D eigenvalue weighted by atomic mass is 19.4. The summed E-state index contributed by atoms with van der Waals surface area (Å²) in [5.41, 5.74) is -0.925. The Labute approximate surface area is 120 Å². The van der Waals surface area contributed by atoms with Gasteiger partial charge in [-0.3, -0.25) is 14.6 Å². The number of carbonyl (C=O) groups excluding carboxylic acids is 2. The van der Waals surface area contributed by atoms with Crippen LogP contribution in [0.25, 0.3) is 0 Å². The molecule has 4 nitrogen and oxygen atoms in total. The number of carbonyl (C=O) groups is 2. The molecule has 1 unspecified atom stereocenters. The smallest absolute Gasteiger partial charge is 0.336 e. The third kappa shape index (κ3) is 3.40. The number of ketones is 1. The summed E-state index contributed by atoms with van der Waals surface area (Å²) in [4.78, 5) is 28.9. The van der Waals surface area contributed by atoms with Crippen LogP contribution in [0.5, 0.6) is 0 Å². The summed E-state index contributed by atoms with van der Waals surface area (Å²) in [5, 5.41) is 0. The molecular formula is C14H15F3N2O2. The van der Waals surface area contributed by atoms with Crippen LogP contribution in [0.1, 0.15) is 35.8 Å². The van der Waals surface area contributed by atoms with Gasteiger partial charge >= 0.3 is 6.18 Å². The molecule has 1 aliphatic rings. The van der Waals surface area contributed by atoms with Gasteiger partial charge in [0.25, 0.3) is 5.91 Å². The molecule has 0 radical (unpaired) electrons. The van der Waals surface area contributed by atoms with Gasteiger partial charge in [-0.1, -0.05) is 6.92 Å². The Hall–Kier alpha value is -1.92. The van der Waals surface area contributed by atoms with Crippen molar-refractivity contribution in [2.75, 3.05) is 13.1 Å². The van der Waals surface area contributed by atoms with Gasteiger partial charge < -0.3 is 4.90 Å². The first kappa shape index (κ1) is 15.5. The predicted molar refractivity (Wildman–Crippen MR) is 68.5 cm³/mol. The summed E-state index contributed by atoms with van der Waals surface area (Å²) in [6.45, 7) is 2.46. The minimum absolute atomic E-state index is 0.0350. The average molecular weight is 300 g/mol. The van der Waals surface area contributed by atoms with Gasteiger partial charge in [-0.25, -0.2) is 0 Å². The number of amides is 1. The fourth-order valence-corrected chi connectivity index (χ4v) is 2.30. The lowest BCUT2D eigenvalue weighted by atomic mass is 9.94. The molecule has 1 amide bonds. The number of Topliss-reactive ketones (excluding diaryl/α,β-unsaturated/α-hetero) is 1. The molecule has 1 aromatic heterocycles. The van der Waals surface area contributed by atoms with Crippen molar-refractivity contribution < 1.29 is 22.8 Å². The maximum atomic E-state index is 12.4. The van der Waals surface area contributed by atoms with Crippen LogP contribution in [0.2, 0.25) is 0 Å². The number of piperidine rings is 1. The Bertz CT molecular complexity index is 540. The molecule has 0 spiro atoms. The first-order chi connectivity index (χ1) is 9.82. The van der Waals surface area contributed by atoms with Crippen LogP contribution in [0.3, 0.4) is 0 Å². The molecule has 1 aromatic rings. The monoisotopic (exact) mass is 300 g/mol. The van der Waals surface area contributed by atoms with Gasteiger partial charge in [0.1, 0.15) is 11.5 Å². The van der Waals surface area contributed by atoms with E-state index in [1.807, 2.05) is 6.92 Å². The van der Waals surface area contributed by atoms with Crippen molar-refractivity contribution in [3.05, 3.63) is 29.6 Å². The molecule has 1 fully saturated rings. The van der Waals surface area contributed by atoms with Crippen molar-refractivity contribution in [1.29, 1.82) is 0 Å². The molecule has 114 valence electrons. The van der Waals surface area contributed by atoms with E-state index < -0.39 is 17.6 Å². The van der Waals surface area contributed by atoms with E-state index >= 15 is 0 Å². The van der Waals surface area contributed by atoms with E-state index in [1.54, 1.807) is 0 Å². The summed E-state index contributed by atoms with van der Waals surface area (Å²) in [5.74, 6) is -0.506. The fraction of sp³-hybridized carbons (Fsp3) is 0.500. The van der Waals surface area contributed by atoms with Gasteiger partial charge in [0.2, 0.25) is 0 Å². The molecule has 1 aliphatic heterocycles. The minimum Gasteiger partial charge on any atom is -0.336 e. The molecule has 0 saturated carbocycles. The SMILES string of the molecule is CCC1CN(C(=O)c2ccc(C(F)(F)F)cn2)CCC1=O. The van der Waals surface area contributed by atoms with Crippen LogP contribution in [0.4, 0.5) is 13.2 Å². The normalized spacial score (nSPS) is 19.7. The maximum Gasteiger partial charge on any atom is 0.417 e. The number of alkyl halides is 3. The number of hydrogen-bond donors (Lipinski definition) is 0. The summed E-state index contributed by atoms with van der Waals surface area (Å²) in [6, 6.07) is 1.91. The second-order valence-electron chi connectivity index (χ2n) is 5.00. The van der Waals surface area contributed by atoms with Gasteiger partial charge in [-0.05, 0) is 18.6 Å². The van der Waals surface area contributed by atoms with Crippen molar-refractivity contribution in [3.8, 4) is 0 Å². The van der Waals surface area contributed by atoms with Gasteiger partial charge in [0.15, 0.2) is 0 Å². The van der Waals surface area contributed by atoms with E-state index in [1.165, 1.54) is 4.90 Å². The van der Waals surface area contributed by atoms with E-state index in [-0.39, 0.29) is 30.4 Å². The lowest BCUT2D eigenvalue weighted by Gasteiger charge is -2.31. The van der Waals surface area contributed by atoms with E-state index in [4.69, 9.17) is 0 Å². The van der Waals surface area contributed by atoms with E-state index in [2.05, 4.69) is 4.98 Å². The molecule has 0 aliphatic carbocycles. The van der Waals surface area contributed by atoms with Crippen molar-refractivity contribution in [1.82, 2.24) is 9.88 Å². The number of aromatic nitrogens is 1. The molecule has 2 rings (SSSR count). The van der Waals surface area contributed by atoms with Crippen LogP contribution < -0.4 is 0 Å². The Morgan fingerprint density at radius 1 is 1.43 bits per heavy atom. The molecule has 0 aromatic carbocycles. The molecule has 7 heteroatoms. The summed E-state index contributed by atoms with van der Waals surface area (Å²) in [7, 11) is 0. The predicted octanol–water partition coefficient (Wildman–Crippen LogP) is 2.54. The topological polar surface area (TPSA) is 50.3 Å². The van der Waals surface area contributed by atoms with Crippen LogP contribution >= 0.6 is 0 Å². The van der Waals surface area contributed by atoms with Crippen LogP contribution in [-0.2, 0) is 11.0 Å². The standard InChI is InChI=1S/C14H15F3N2O2/c1-2-9-8-19(6-5-12(9)20)13(21)11-4-3-10(7-18-11)14(15,16)17/h3-4,7,9H,2,5-6,8H2,1H3. The Kier molecular flexibility index (Phi) is 4.29. The van der Waals surface area contributed by atoms with Crippen LogP contribution in [0.15, 0.2) is 18.3 Å². The van der Waals surface area contributed by atoms with Gasteiger partial charge in [-0.2, -0.15) is 13.2 Å². The fourth-order valence-electron chi connectivity index (χ4n) is 2.30. The third-order valence-corrected chi connectivity index (χ3v) is 3.61. The van der Waals surface area contributed by atoms with Crippen molar-refractivity contribution in [2.45, 2.75) is 25.9 Å². The largest absolute Gasteiger partial charge is 0.417 e. The summed E-state index contributed by atoms with van der Waals surface area (Å²) in [6.07, 6.45) is -2.90. The van der Waals surface area contributed by atoms with Crippen molar-refractivity contribution in [3.63, 3.8) is 0 Å². The molecule has 0 N–H and O–H groups in total. The van der Waals surface area contributed by atoms with Gasteiger partial charge in [0.05, 0.1) is 5.56 Å². The molecule has 21 heavy (non-hydrogen) atoms. The zero-order chi connectivity index (χ0) is 15.6. The number of rotatable bonds is 2. The highest BCUT2D eigenvalue weighted by Crippen LogP contribution is 2.28. The second kappa shape index (κ2) is 5.83. The summed E-state index contributed by atoms with van der Waals surface area (Å²) >= 11 is 0. The zero-order valence-electron chi connectivity index (χ0n) is 11.5. The van der Waals surface area contributed by atoms with E-state index in [0.29, 0.717) is 19.2 Å². The quantitative estimate of drug-likeness (QED) is 0.843. The molecule has 1 atom stereocenters. The number of likely N-dealkylation sites (tertiary alicyclic amines) is 1. The molecule has 0 bridgehead atoms. The van der Waals surface area contributed by atoms with Crippen molar-refractivity contribution in [2.24, 2.45) is 5.92 Å². The van der Waals surface area contributed by atoms with Gasteiger partial charge in [0, 0.05) is 31.6 Å². The van der Waals surface area contributed by atoms with Crippen LogP contribution in [0, 0.1) is 5.92 Å². The summed E-state index contributed by atoms with van der Waals surface area (Å²) < 4.78 is 37.3. The van der Waals surface area contributed by atoms with Crippen molar-refractivity contribution >= 4 is 11.7 Å². The number of hydrogen-bond acceptors (Lipinski definition) is 3. The highest BCUT2D eigenvalue weighted by Gasteiger charge is 2.32. The van der Waals surface area contributed by atoms with Gasteiger partial charge in [-0.15, -0.1) is 0 Å². The third-order valence-electron chi connectivity index (χ3n) is 3.61. The second-order valence-corrected chi connectivity index (χ2v) is 5.00. The number of halogens is 3. The van der Waals surface area contributed by atoms with Crippen LogP contribution in [-0.4, -0.2) is 34.7 Å². The Morgan fingerprint density at radius 2 is 2.14 bits per heavy atom. The molecule has 1 saturated heterocycles. The van der Waals surface area contributed by atoms with E-state index in [0.717, 1.165) is 12.1 Å². The zero-order valence-corrected chi connectivity index (χ0v) is 11.5. The lowest BCUT2D eigenvalue weighted by Crippen LogP contribution is -2.44. The lowest BCUT2D eigenvalue weighted by molar-refractivity contribution is -0.137. The first-order valence-corrected chi connectivity index (χ1v) is 6.68. The highest BCUT2D eigenvalue weighted by molar-refractivity contribution is 5.94. The number of pyridine rings is 1. The van der Waals surface area contributed by atoms with E-state index in [9.17, 15) is 22.8 Å². The Morgan fingerprint density at radius 3 is 2.67 bits per heavy atom. The Balaban J connectivity index is 2.11. The first-order valence-electron chi connectivity index (χ1n) is 6.68. The number of nitrogens with zero attached hydrogens (tertiary/aromatic N) is 2. The molecule has 2 heterocycles. The maximum absolute atomic E-state index is 12.4.